The first-order chi connectivity index (χ1) is 15.9. The van der Waals surface area contributed by atoms with Crippen LogP contribution in [0, 0.1) is 0 Å². The fourth-order valence-corrected chi connectivity index (χ4v) is 3.95. The second-order valence-electron chi connectivity index (χ2n) is 7.53. The fraction of sp³-hybridized carbons (Fsp3) is 0.360. The molecule has 1 N–H and O–H groups in total. The lowest BCUT2D eigenvalue weighted by Crippen LogP contribution is -2.30. The molecule has 33 heavy (non-hydrogen) atoms. The van der Waals surface area contributed by atoms with Gasteiger partial charge in [-0.15, -0.1) is 0 Å². The molecule has 0 bridgehead atoms. The highest BCUT2D eigenvalue weighted by atomic mass is 16.5. The molecule has 1 unspecified atom stereocenters. The van der Waals surface area contributed by atoms with E-state index in [1.807, 2.05) is 6.92 Å². The molecule has 0 aromatic heterocycles. The first kappa shape index (κ1) is 24.0. The molecule has 1 heterocycles. The van der Waals surface area contributed by atoms with Crippen LogP contribution in [0.3, 0.4) is 0 Å². The molecule has 0 radical (unpaired) electrons. The monoisotopic (exact) mass is 455 g/mol. The van der Waals surface area contributed by atoms with Crippen LogP contribution in [0.25, 0.3) is 5.76 Å². The summed E-state index contributed by atoms with van der Waals surface area (Å²) in [6, 6.07) is 9.23. The summed E-state index contributed by atoms with van der Waals surface area (Å²) >= 11 is 0. The van der Waals surface area contributed by atoms with Crippen molar-refractivity contribution in [1.29, 1.82) is 0 Å². The molecule has 8 heteroatoms. The maximum Gasteiger partial charge on any atom is 0.295 e. The zero-order valence-electron chi connectivity index (χ0n) is 19.5. The number of likely N-dealkylation sites (tertiary alicyclic amines) is 1. The number of ketones is 1. The highest BCUT2D eigenvalue weighted by Crippen LogP contribution is 2.42. The predicted molar refractivity (Wildman–Crippen MR) is 123 cm³/mol. The predicted octanol–water partition coefficient (Wildman–Crippen LogP) is 3.94. The van der Waals surface area contributed by atoms with Gasteiger partial charge in [-0.25, -0.2) is 0 Å². The lowest BCUT2D eigenvalue weighted by molar-refractivity contribution is -0.139. The number of benzene rings is 2. The maximum absolute atomic E-state index is 13.1. The summed E-state index contributed by atoms with van der Waals surface area (Å²) in [5.74, 6) is 0.184. The molecule has 0 spiro atoms. The zero-order chi connectivity index (χ0) is 24.1. The van der Waals surface area contributed by atoms with Crippen molar-refractivity contribution in [2.75, 3.05) is 35.0 Å². The number of rotatable bonds is 9. The van der Waals surface area contributed by atoms with Gasteiger partial charge in [-0.05, 0) is 42.3 Å². The number of Topliss-reactive ketones (excluding diaryl/α,β-unsaturated/α-hetero) is 1. The van der Waals surface area contributed by atoms with Crippen LogP contribution >= 0.6 is 0 Å². The third kappa shape index (κ3) is 4.46. The van der Waals surface area contributed by atoms with E-state index in [-0.39, 0.29) is 11.3 Å². The summed E-state index contributed by atoms with van der Waals surface area (Å²) in [5.41, 5.74) is 0.979. The standard InChI is InChI=1S/C25H29NO7/c1-6-7-12-26-22(15-8-10-17(30-2)19(13-15)32-4)21(24(28)25(26)29)23(27)16-9-11-18(31-3)20(14-16)33-5/h8-11,13-14,22,27H,6-7,12H2,1-5H3/b23-21-. The number of hydrogen-bond acceptors (Lipinski definition) is 7. The van der Waals surface area contributed by atoms with Gasteiger partial charge in [0.1, 0.15) is 5.76 Å². The van der Waals surface area contributed by atoms with Crippen molar-refractivity contribution in [2.24, 2.45) is 0 Å². The number of methoxy groups -OCH3 is 4. The number of carbonyl (C=O) groups is 2. The van der Waals surface area contributed by atoms with Crippen molar-refractivity contribution < 1.29 is 33.6 Å². The van der Waals surface area contributed by atoms with Crippen molar-refractivity contribution in [3.63, 3.8) is 0 Å². The van der Waals surface area contributed by atoms with Gasteiger partial charge in [-0.1, -0.05) is 19.4 Å². The molecule has 1 aliphatic rings. The molecular weight excluding hydrogens is 426 g/mol. The van der Waals surface area contributed by atoms with Gasteiger partial charge in [0.2, 0.25) is 0 Å². The van der Waals surface area contributed by atoms with Crippen LogP contribution < -0.4 is 18.9 Å². The van der Waals surface area contributed by atoms with Crippen LogP contribution in [0.2, 0.25) is 0 Å². The van der Waals surface area contributed by atoms with Gasteiger partial charge >= 0.3 is 0 Å². The summed E-state index contributed by atoms with van der Waals surface area (Å²) in [4.78, 5) is 27.6. The van der Waals surface area contributed by atoms with Crippen LogP contribution in [-0.4, -0.2) is 56.7 Å². The molecule has 1 aliphatic heterocycles. The molecule has 2 aromatic carbocycles. The smallest absolute Gasteiger partial charge is 0.295 e. The highest BCUT2D eigenvalue weighted by Gasteiger charge is 2.46. The van der Waals surface area contributed by atoms with E-state index < -0.39 is 17.7 Å². The Morgan fingerprint density at radius 3 is 2.03 bits per heavy atom. The van der Waals surface area contributed by atoms with Crippen molar-refractivity contribution in [3.8, 4) is 23.0 Å². The van der Waals surface area contributed by atoms with Crippen molar-refractivity contribution >= 4 is 17.4 Å². The van der Waals surface area contributed by atoms with E-state index in [0.29, 0.717) is 47.1 Å². The molecule has 176 valence electrons. The average Bonchev–Trinajstić information content (AvgIpc) is 3.10. The number of aliphatic hydroxyl groups excluding tert-OH is 1. The Morgan fingerprint density at radius 1 is 0.879 bits per heavy atom. The van der Waals surface area contributed by atoms with Gasteiger partial charge in [0.15, 0.2) is 23.0 Å². The summed E-state index contributed by atoms with van der Waals surface area (Å²) in [6.07, 6.45) is 1.56. The molecule has 3 rings (SSSR count). The summed E-state index contributed by atoms with van der Waals surface area (Å²) in [7, 11) is 6.03. The summed E-state index contributed by atoms with van der Waals surface area (Å²) in [5, 5.41) is 11.2. The van der Waals surface area contributed by atoms with Gasteiger partial charge in [-0.3, -0.25) is 9.59 Å². The maximum atomic E-state index is 13.1. The number of ether oxygens (including phenoxy) is 4. The SMILES string of the molecule is CCCCN1C(=O)C(=O)/C(=C(\O)c2ccc(OC)c(OC)c2)C1c1ccc(OC)c(OC)c1. The van der Waals surface area contributed by atoms with E-state index in [0.717, 1.165) is 6.42 Å². The van der Waals surface area contributed by atoms with Gasteiger partial charge in [-0.2, -0.15) is 0 Å². The number of amides is 1. The van der Waals surface area contributed by atoms with E-state index in [1.165, 1.54) is 33.3 Å². The van der Waals surface area contributed by atoms with E-state index in [9.17, 15) is 14.7 Å². The first-order valence-electron chi connectivity index (χ1n) is 10.6. The minimum Gasteiger partial charge on any atom is -0.507 e. The number of carbonyl (C=O) groups excluding carboxylic acids is 2. The zero-order valence-corrected chi connectivity index (χ0v) is 19.5. The minimum absolute atomic E-state index is 0.00976. The Kier molecular flexibility index (Phi) is 7.48. The Morgan fingerprint density at radius 2 is 1.45 bits per heavy atom. The molecule has 0 saturated carbocycles. The quantitative estimate of drug-likeness (QED) is 0.348. The number of aliphatic hydroxyl groups is 1. The number of unbranched alkanes of at least 4 members (excludes halogenated alkanes) is 1. The first-order valence-corrected chi connectivity index (χ1v) is 10.6. The van der Waals surface area contributed by atoms with Gasteiger partial charge in [0.25, 0.3) is 11.7 Å². The van der Waals surface area contributed by atoms with Crippen LogP contribution in [0.4, 0.5) is 0 Å². The topological polar surface area (TPSA) is 94.5 Å². The Bertz CT molecular complexity index is 1080. The normalized spacial score (nSPS) is 17.2. The molecule has 8 nitrogen and oxygen atoms in total. The van der Waals surface area contributed by atoms with Crippen molar-refractivity contribution in [2.45, 2.75) is 25.8 Å². The second-order valence-corrected chi connectivity index (χ2v) is 7.53. The molecular formula is C25H29NO7. The van der Waals surface area contributed by atoms with Crippen LogP contribution in [-0.2, 0) is 9.59 Å². The number of nitrogens with zero attached hydrogens (tertiary/aromatic N) is 1. The van der Waals surface area contributed by atoms with Gasteiger partial charge < -0.3 is 29.0 Å². The largest absolute Gasteiger partial charge is 0.507 e. The van der Waals surface area contributed by atoms with Crippen LogP contribution in [0.1, 0.15) is 36.9 Å². The third-order valence-electron chi connectivity index (χ3n) is 5.67. The van der Waals surface area contributed by atoms with E-state index in [1.54, 1.807) is 36.4 Å². The van der Waals surface area contributed by atoms with Crippen molar-refractivity contribution in [1.82, 2.24) is 4.90 Å². The molecule has 1 atom stereocenters. The average molecular weight is 456 g/mol. The molecule has 2 aromatic rings. The van der Waals surface area contributed by atoms with Crippen LogP contribution in [0.15, 0.2) is 42.0 Å². The lowest BCUT2D eigenvalue weighted by Gasteiger charge is -2.26. The van der Waals surface area contributed by atoms with E-state index >= 15 is 0 Å². The van der Waals surface area contributed by atoms with E-state index in [2.05, 4.69) is 0 Å². The van der Waals surface area contributed by atoms with Gasteiger partial charge in [0.05, 0.1) is 40.1 Å². The molecule has 1 fully saturated rings. The van der Waals surface area contributed by atoms with Gasteiger partial charge in [0, 0.05) is 12.1 Å². The lowest BCUT2D eigenvalue weighted by atomic mass is 9.94. The number of hydrogen-bond donors (Lipinski definition) is 1. The van der Waals surface area contributed by atoms with E-state index in [4.69, 9.17) is 18.9 Å². The second kappa shape index (κ2) is 10.3. The summed E-state index contributed by atoms with van der Waals surface area (Å²) < 4.78 is 21.3. The minimum atomic E-state index is -0.774. The molecule has 1 saturated heterocycles. The fourth-order valence-electron chi connectivity index (χ4n) is 3.95. The Balaban J connectivity index is 2.21. The highest BCUT2D eigenvalue weighted by molar-refractivity contribution is 6.46. The molecule has 1 amide bonds. The third-order valence-corrected chi connectivity index (χ3v) is 5.67. The van der Waals surface area contributed by atoms with Crippen LogP contribution in [0.5, 0.6) is 23.0 Å². The Hall–Kier alpha value is -3.68. The summed E-state index contributed by atoms with van der Waals surface area (Å²) in [6.45, 7) is 2.38. The molecule has 0 aliphatic carbocycles. The van der Waals surface area contributed by atoms with Crippen molar-refractivity contribution in [3.05, 3.63) is 53.1 Å². The Labute approximate surface area is 193 Å².